The number of phenolic OH excluding ortho intramolecular Hbond substituents is 1. The number of hydrogen-bond donors (Lipinski definition) is 2. The van der Waals surface area contributed by atoms with Gasteiger partial charge >= 0.3 is 0 Å². The molecular weight excluding hydrogens is 673 g/mol. The van der Waals surface area contributed by atoms with Crippen molar-refractivity contribution in [1.82, 2.24) is 19.8 Å². The first-order valence-corrected chi connectivity index (χ1v) is 15.8. The highest BCUT2D eigenvalue weighted by atomic mass is 35.5. The van der Waals surface area contributed by atoms with Crippen LogP contribution < -0.4 is 4.90 Å². The number of piperazine rings is 1. The minimum atomic E-state index is -1.61. The number of fused-ring (bicyclic) bond motifs is 1. The first-order valence-electron chi connectivity index (χ1n) is 14.7. The van der Waals surface area contributed by atoms with Gasteiger partial charge in [0, 0.05) is 36.9 Å². The van der Waals surface area contributed by atoms with Gasteiger partial charge in [0.2, 0.25) is 5.91 Å². The number of phenols is 1. The molecule has 3 aromatic rings. The van der Waals surface area contributed by atoms with Crippen molar-refractivity contribution in [1.29, 1.82) is 5.26 Å². The molecule has 1 fully saturated rings. The Morgan fingerprint density at radius 2 is 1.81 bits per heavy atom. The zero-order chi connectivity index (χ0) is 34.6. The molecule has 2 aliphatic heterocycles. The molecule has 9 nitrogen and oxygen atoms in total. The number of halogens is 5. The molecule has 0 saturated carbocycles. The lowest BCUT2D eigenvalue weighted by molar-refractivity contribution is -0.132. The van der Waals surface area contributed by atoms with Crippen LogP contribution in [-0.2, 0) is 4.79 Å². The third-order valence-electron chi connectivity index (χ3n) is 8.40. The highest BCUT2D eigenvalue weighted by molar-refractivity contribution is 6.37. The molecule has 47 heavy (non-hydrogen) atoms. The molecule has 246 valence electrons. The van der Waals surface area contributed by atoms with E-state index in [0.717, 1.165) is 0 Å². The summed E-state index contributed by atoms with van der Waals surface area (Å²) in [5, 5.41) is 31.4. The molecule has 4 heterocycles. The molecule has 2 N–H and O–H groups in total. The van der Waals surface area contributed by atoms with E-state index >= 15 is 4.39 Å². The van der Waals surface area contributed by atoms with Crippen molar-refractivity contribution in [3.8, 4) is 23.1 Å². The number of aliphatic hydroxyl groups excluding tert-OH is 1. The van der Waals surface area contributed by atoms with Gasteiger partial charge in [-0.05, 0) is 50.5 Å². The fourth-order valence-electron chi connectivity index (χ4n) is 6.39. The van der Waals surface area contributed by atoms with Crippen molar-refractivity contribution < 1.29 is 23.8 Å². The van der Waals surface area contributed by atoms with E-state index in [9.17, 15) is 24.7 Å². The van der Waals surface area contributed by atoms with Crippen molar-refractivity contribution >= 4 is 57.9 Å². The van der Waals surface area contributed by atoms with Crippen molar-refractivity contribution in [2.75, 3.05) is 18.0 Å². The lowest BCUT2D eigenvalue weighted by Crippen LogP contribution is -2.58. The minimum absolute atomic E-state index is 0.0223. The Morgan fingerprint density at radius 3 is 2.38 bits per heavy atom. The van der Waals surface area contributed by atoms with Gasteiger partial charge in [-0.3, -0.25) is 14.7 Å². The lowest BCUT2D eigenvalue weighted by Gasteiger charge is -2.48. The molecule has 3 atom stereocenters. The SMILES string of the molecule is C=CC(=O)N1[C@H](C)CN(C2=C(C#N)C(O)N(c3c(C)ccnc3C(C)C)c3nc(-c4c(O)c(Cl)c(F)c(Cl)c4F)c(Cl)cc32)C[C@@H]1C. The van der Waals surface area contributed by atoms with Crippen LogP contribution in [0, 0.1) is 29.9 Å². The van der Waals surface area contributed by atoms with Crippen LogP contribution in [0.3, 0.4) is 0 Å². The molecule has 2 aliphatic rings. The smallest absolute Gasteiger partial charge is 0.246 e. The normalized spacial score (nSPS) is 19.6. The van der Waals surface area contributed by atoms with E-state index in [-0.39, 0.29) is 59.1 Å². The molecule has 1 unspecified atom stereocenters. The number of aryl methyl sites for hydroxylation is 1. The Hall–Kier alpha value is -3.95. The van der Waals surface area contributed by atoms with Crippen LogP contribution in [0.5, 0.6) is 5.75 Å². The van der Waals surface area contributed by atoms with Gasteiger partial charge in [0.25, 0.3) is 0 Å². The lowest BCUT2D eigenvalue weighted by atomic mass is 9.94. The molecule has 0 spiro atoms. The van der Waals surface area contributed by atoms with Gasteiger partial charge < -0.3 is 20.0 Å². The van der Waals surface area contributed by atoms with Gasteiger partial charge in [-0.15, -0.1) is 0 Å². The number of rotatable bonds is 5. The number of anilines is 2. The Kier molecular flexibility index (Phi) is 9.45. The monoisotopic (exact) mass is 702 g/mol. The number of aromatic hydroxyl groups is 1. The summed E-state index contributed by atoms with van der Waals surface area (Å²) in [5.41, 5.74) is 1.33. The Bertz CT molecular complexity index is 1860. The summed E-state index contributed by atoms with van der Waals surface area (Å²) in [4.78, 5) is 26.9. The summed E-state index contributed by atoms with van der Waals surface area (Å²) >= 11 is 18.6. The molecule has 1 amide bonds. The van der Waals surface area contributed by atoms with Crippen LogP contribution in [0.15, 0.2) is 36.6 Å². The number of benzene rings is 1. The average Bonchev–Trinajstić information content (AvgIpc) is 3.02. The number of nitrogens with zero attached hydrogens (tertiary/aromatic N) is 6. The summed E-state index contributed by atoms with van der Waals surface area (Å²) in [6, 6.07) is 4.71. The van der Waals surface area contributed by atoms with E-state index in [2.05, 4.69) is 17.6 Å². The van der Waals surface area contributed by atoms with Crippen LogP contribution in [0.2, 0.25) is 15.1 Å². The summed E-state index contributed by atoms with van der Waals surface area (Å²) in [5.74, 6) is -4.01. The van der Waals surface area contributed by atoms with Gasteiger partial charge in [0.05, 0.1) is 33.4 Å². The van der Waals surface area contributed by atoms with Crippen molar-refractivity contribution in [3.63, 3.8) is 0 Å². The number of carbonyl (C=O) groups is 1. The Morgan fingerprint density at radius 1 is 1.17 bits per heavy atom. The van der Waals surface area contributed by atoms with Gasteiger partial charge in [-0.2, -0.15) is 5.26 Å². The van der Waals surface area contributed by atoms with Crippen LogP contribution in [0.1, 0.15) is 50.4 Å². The second-order valence-corrected chi connectivity index (χ2v) is 13.0. The predicted molar refractivity (Wildman–Crippen MR) is 178 cm³/mol. The third kappa shape index (κ3) is 5.57. The Balaban J connectivity index is 1.84. The standard InChI is InChI=1S/C33H31Cl3F2N6O3/c1-7-21(45)43-16(5)12-42(13-17(43)6)30-18-10-20(34)28(22-25(37)23(35)26(38)24(36)31(22)46)41-32(18)44(33(47)19(30)11-39)29-15(4)8-9-40-27(29)14(2)3/h7-10,14,16-17,33,46-47H,1,12-13H2,2-6H3/t16-,17+,33?. The first kappa shape index (κ1) is 34.4. The number of hydrogen-bond acceptors (Lipinski definition) is 8. The van der Waals surface area contributed by atoms with E-state index in [4.69, 9.17) is 39.8 Å². The number of pyridine rings is 2. The molecule has 1 aromatic carbocycles. The van der Waals surface area contributed by atoms with Gasteiger partial charge in [-0.25, -0.2) is 13.8 Å². The molecule has 14 heteroatoms. The molecule has 5 rings (SSSR count). The van der Waals surface area contributed by atoms with Crippen molar-refractivity contribution in [2.24, 2.45) is 0 Å². The molecule has 1 saturated heterocycles. The number of amides is 1. The fraction of sp³-hybridized carbons (Fsp3) is 0.333. The maximum atomic E-state index is 15.6. The van der Waals surface area contributed by atoms with Crippen LogP contribution in [0.25, 0.3) is 17.0 Å². The van der Waals surface area contributed by atoms with Crippen LogP contribution >= 0.6 is 34.8 Å². The average molecular weight is 704 g/mol. The maximum Gasteiger partial charge on any atom is 0.246 e. The molecule has 0 aliphatic carbocycles. The van der Waals surface area contributed by atoms with Crippen molar-refractivity contribution in [3.05, 3.63) is 80.1 Å². The van der Waals surface area contributed by atoms with Crippen molar-refractivity contribution in [2.45, 2.75) is 58.8 Å². The zero-order valence-corrected chi connectivity index (χ0v) is 28.4. The highest BCUT2D eigenvalue weighted by Gasteiger charge is 2.42. The summed E-state index contributed by atoms with van der Waals surface area (Å²) < 4.78 is 30.1. The maximum absolute atomic E-state index is 15.6. The summed E-state index contributed by atoms with van der Waals surface area (Å²) in [6.07, 6.45) is 1.26. The first-order chi connectivity index (χ1) is 22.2. The molecule has 0 bridgehead atoms. The number of aliphatic hydroxyl groups is 1. The number of nitriles is 1. The highest BCUT2D eigenvalue weighted by Crippen LogP contribution is 2.50. The van der Waals surface area contributed by atoms with Crippen LogP contribution in [-0.4, -0.2) is 67.3 Å². The van der Waals surface area contributed by atoms with E-state index in [1.54, 1.807) is 17.2 Å². The Labute approximate surface area is 285 Å². The van der Waals surface area contributed by atoms with Gasteiger partial charge in [-0.1, -0.05) is 55.2 Å². The summed E-state index contributed by atoms with van der Waals surface area (Å²) in [7, 11) is 0. The van der Waals surface area contributed by atoms with E-state index in [0.29, 0.717) is 28.2 Å². The largest absolute Gasteiger partial charge is 0.505 e. The second-order valence-electron chi connectivity index (χ2n) is 11.9. The van der Waals surface area contributed by atoms with Gasteiger partial charge in [0.1, 0.15) is 33.3 Å². The quantitative estimate of drug-likeness (QED) is 0.161. The second kappa shape index (κ2) is 12.9. The van der Waals surface area contributed by atoms with E-state index in [1.807, 2.05) is 39.5 Å². The number of carbonyl (C=O) groups excluding carboxylic acids is 1. The fourth-order valence-corrected chi connectivity index (χ4v) is 7.07. The topological polar surface area (TPSA) is 117 Å². The molecular formula is C33H31Cl3F2N6O3. The van der Waals surface area contributed by atoms with Crippen LogP contribution in [0.4, 0.5) is 20.3 Å². The summed E-state index contributed by atoms with van der Waals surface area (Å²) in [6.45, 7) is 13.5. The molecule has 0 radical (unpaired) electrons. The zero-order valence-electron chi connectivity index (χ0n) is 26.1. The van der Waals surface area contributed by atoms with E-state index < -0.39 is 39.2 Å². The number of aromatic nitrogens is 2. The van der Waals surface area contributed by atoms with Gasteiger partial charge in [0.15, 0.2) is 17.9 Å². The minimum Gasteiger partial charge on any atom is -0.505 e. The van der Waals surface area contributed by atoms with E-state index in [1.165, 1.54) is 17.0 Å². The molecule has 2 aromatic heterocycles. The third-order valence-corrected chi connectivity index (χ3v) is 9.37. The predicted octanol–water partition coefficient (Wildman–Crippen LogP) is 7.33.